The van der Waals surface area contributed by atoms with E-state index in [2.05, 4.69) is 31.7 Å². The third-order valence-corrected chi connectivity index (χ3v) is 5.39. The lowest BCUT2D eigenvalue weighted by molar-refractivity contribution is -0.132. The number of carbonyl (C=O) groups excluding carboxylic acids is 1. The van der Waals surface area contributed by atoms with Crippen LogP contribution in [-0.2, 0) is 4.79 Å². The molecular formula is C21H17BrN4O4. The Kier molecular flexibility index (Phi) is 5.28. The summed E-state index contributed by atoms with van der Waals surface area (Å²) < 4.78 is 7.57. The van der Waals surface area contributed by atoms with Gasteiger partial charge in [0.15, 0.2) is 0 Å². The topological polar surface area (TPSA) is 105 Å². The van der Waals surface area contributed by atoms with E-state index in [1.54, 1.807) is 42.1 Å². The number of rotatable bonds is 5. The number of anilines is 2. The number of halogens is 1. The number of amides is 1. The Balaban J connectivity index is 1.72. The molecule has 0 radical (unpaired) electrons. The zero-order valence-corrected chi connectivity index (χ0v) is 17.4. The molecule has 0 saturated heterocycles. The Labute approximate surface area is 180 Å². The number of nitrogens with one attached hydrogen (secondary N) is 2. The predicted octanol–water partition coefficient (Wildman–Crippen LogP) is 3.89. The second kappa shape index (κ2) is 8.03. The van der Waals surface area contributed by atoms with Gasteiger partial charge in [0.05, 0.1) is 13.3 Å². The molecule has 1 aromatic heterocycles. The molecule has 3 aromatic rings. The summed E-state index contributed by atoms with van der Waals surface area (Å²) in [4.78, 5) is 24.6. The van der Waals surface area contributed by atoms with E-state index in [4.69, 9.17) is 4.74 Å². The molecule has 0 bridgehead atoms. The number of aliphatic carboxylic acids is 1. The van der Waals surface area contributed by atoms with Gasteiger partial charge in [-0.25, -0.2) is 9.48 Å². The van der Waals surface area contributed by atoms with Crippen molar-refractivity contribution in [2.45, 2.75) is 6.04 Å². The van der Waals surface area contributed by atoms with Gasteiger partial charge in [-0.2, -0.15) is 5.10 Å². The number of nitrogens with zero attached hydrogens (tertiary/aromatic N) is 2. The van der Waals surface area contributed by atoms with Gasteiger partial charge in [0.1, 0.15) is 28.9 Å². The van der Waals surface area contributed by atoms with Crippen LogP contribution in [0.3, 0.4) is 0 Å². The van der Waals surface area contributed by atoms with Crippen molar-refractivity contribution in [1.29, 1.82) is 0 Å². The Morgan fingerprint density at radius 1 is 1.23 bits per heavy atom. The number of carboxylic acid groups (broad SMARTS) is 1. The summed E-state index contributed by atoms with van der Waals surface area (Å²) >= 11 is 3.50. The van der Waals surface area contributed by atoms with Gasteiger partial charge in [0.25, 0.3) is 5.91 Å². The number of hydrogen-bond donors (Lipinski definition) is 3. The molecular weight excluding hydrogens is 452 g/mol. The number of hydrogen-bond acceptors (Lipinski definition) is 5. The molecule has 8 nitrogen and oxygen atoms in total. The van der Waals surface area contributed by atoms with Crippen molar-refractivity contribution in [2.24, 2.45) is 0 Å². The van der Waals surface area contributed by atoms with Crippen molar-refractivity contribution < 1.29 is 19.4 Å². The molecule has 0 aliphatic carbocycles. The first-order chi connectivity index (χ1) is 14.5. The molecule has 0 fully saturated rings. The summed E-state index contributed by atoms with van der Waals surface area (Å²) in [7, 11) is 1.54. The number of methoxy groups -OCH3 is 1. The minimum Gasteiger partial charge on any atom is -0.497 e. The van der Waals surface area contributed by atoms with E-state index in [9.17, 15) is 14.7 Å². The fraction of sp³-hybridized carbons (Fsp3) is 0.0952. The fourth-order valence-corrected chi connectivity index (χ4v) is 3.74. The van der Waals surface area contributed by atoms with Gasteiger partial charge in [0.2, 0.25) is 0 Å². The van der Waals surface area contributed by atoms with E-state index in [1.165, 1.54) is 6.20 Å². The minimum absolute atomic E-state index is 0.0285. The second-order valence-corrected chi connectivity index (χ2v) is 7.37. The highest BCUT2D eigenvalue weighted by Gasteiger charge is 2.30. The zero-order valence-electron chi connectivity index (χ0n) is 15.8. The predicted molar refractivity (Wildman–Crippen MR) is 115 cm³/mol. The maximum atomic E-state index is 12.9. The normalized spacial score (nSPS) is 14.9. The molecule has 0 unspecified atom stereocenters. The molecule has 2 heterocycles. The molecule has 2 aromatic carbocycles. The smallest absolute Gasteiger partial charge is 0.352 e. The first-order valence-corrected chi connectivity index (χ1v) is 9.76. The Morgan fingerprint density at radius 3 is 2.77 bits per heavy atom. The number of carbonyl (C=O) groups is 2. The van der Waals surface area contributed by atoms with E-state index in [0.29, 0.717) is 17.3 Å². The average molecular weight is 469 g/mol. The van der Waals surface area contributed by atoms with Crippen molar-refractivity contribution in [3.63, 3.8) is 0 Å². The molecule has 0 spiro atoms. The number of fused-ring (bicyclic) bond motifs is 1. The quantitative estimate of drug-likeness (QED) is 0.524. The summed E-state index contributed by atoms with van der Waals surface area (Å²) in [6.07, 6.45) is 2.98. The molecule has 1 atom stereocenters. The standard InChI is InChI=1S/C21H17BrN4O4/c1-30-13-6-4-5-12(9-13)24-20(27)15-11-23-26-18(14-7-2-3-8-16(14)22)10-17(21(28)29)25-19(15)26/h2-11,18,25H,1H3,(H,24,27)(H,28,29)/t18-/m0/s1. The van der Waals surface area contributed by atoms with Gasteiger partial charge < -0.3 is 20.5 Å². The van der Waals surface area contributed by atoms with Crippen molar-refractivity contribution in [3.05, 3.63) is 82.1 Å². The largest absolute Gasteiger partial charge is 0.497 e. The van der Waals surface area contributed by atoms with Crippen molar-refractivity contribution in [2.75, 3.05) is 17.7 Å². The fourth-order valence-electron chi connectivity index (χ4n) is 3.22. The zero-order chi connectivity index (χ0) is 21.3. The molecule has 30 heavy (non-hydrogen) atoms. The monoisotopic (exact) mass is 468 g/mol. The molecule has 9 heteroatoms. The number of aromatic nitrogens is 2. The van der Waals surface area contributed by atoms with Gasteiger partial charge in [-0.05, 0) is 29.8 Å². The van der Waals surface area contributed by atoms with Crippen LogP contribution >= 0.6 is 15.9 Å². The summed E-state index contributed by atoms with van der Waals surface area (Å²) in [6, 6.07) is 13.9. The van der Waals surface area contributed by atoms with Gasteiger partial charge in [-0.1, -0.05) is 40.2 Å². The molecule has 3 N–H and O–H groups in total. The average Bonchev–Trinajstić information content (AvgIpc) is 3.18. The molecule has 152 valence electrons. The highest BCUT2D eigenvalue weighted by Crippen LogP contribution is 2.35. The first-order valence-electron chi connectivity index (χ1n) is 8.97. The van der Waals surface area contributed by atoms with Crippen molar-refractivity contribution in [1.82, 2.24) is 9.78 Å². The molecule has 1 amide bonds. The van der Waals surface area contributed by atoms with Crippen molar-refractivity contribution >= 4 is 39.3 Å². The van der Waals surface area contributed by atoms with E-state index < -0.39 is 17.9 Å². The first kappa shape index (κ1) is 19.7. The van der Waals surface area contributed by atoms with Gasteiger partial charge in [-0.3, -0.25) is 4.79 Å². The second-order valence-electron chi connectivity index (χ2n) is 6.51. The SMILES string of the molecule is COc1cccc(NC(=O)c2cnn3c2NC(C(=O)O)=C[C@H]3c2ccccc2Br)c1. The third kappa shape index (κ3) is 3.67. The van der Waals surface area contributed by atoms with Crippen LogP contribution in [0.4, 0.5) is 11.5 Å². The summed E-state index contributed by atoms with van der Waals surface area (Å²) in [6.45, 7) is 0. The molecule has 4 rings (SSSR count). The Morgan fingerprint density at radius 2 is 2.03 bits per heavy atom. The van der Waals surface area contributed by atoms with Gasteiger partial charge >= 0.3 is 5.97 Å². The van der Waals surface area contributed by atoms with E-state index in [1.807, 2.05) is 24.3 Å². The van der Waals surface area contributed by atoms with Crippen LogP contribution in [0.15, 0.2) is 71.0 Å². The van der Waals surface area contributed by atoms with E-state index in [0.717, 1.165) is 10.0 Å². The van der Waals surface area contributed by atoms with E-state index >= 15 is 0 Å². The van der Waals surface area contributed by atoms with Crippen LogP contribution in [0.1, 0.15) is 22.0 Å². The van der Waals surface area contributed by atoms with E-state index in [-0.39, 0.29) is 11.3 Å². The highest BCUT2D eigenvalue weighted by atomic mass is 79.9. The van der Waals surface area contributed by atoms with Crippen LogP contribution in [0.25, 0.3) is 0 Å². The van der Waals surface area contributed by atoms with Crippen LogP contribution in [-0.4, -0.2) is 33.9 Å². The highest BCUT2D eigenvalue weighted by molar-refractivity contribution is 9.10. The molecule has 1 aliphatic rings. The minimum atomic E-state index is -1.13. The summed E-state index contributed by atoms with van der Waals surface area (Å²) in [5, 5.41) is 19.5. The van der Waals surface area contributed by atoms with Crippen LogP contribution < -0.4 is 15.4 Å². The van der Waals surface area contributed by atoms with Crippen LogP contribution in [0.2, 0.25) is 0 Å². The summed E-state index contributed by atoms with van der Waals surface area (Å²) in [5.41, 5.74) is 1.56. The Bertz CT molecular complexity index is 1170. The van der Waals surface area contributed by atoms with Crippen LogP contribution in [0.5, 0.6) is 5.75 Å². The molecule has 0 saturated carbocycles. The lowest BCUT2D eigenvalue weighted by Gasteiger charge is -2.25. The molecule has 1 aliphatic heterocycles. The third-order valence-electron chi connectivity index (χ3n) is 4.66. The summed E-state index contributed by atoms with van der Waals surface area (Å²) in [5.74, 6) is -0.641. The van der Waals surface area contributed by atoms with Crippen LogP contribution in [0, 0.1) is 0 Å². The maximum absolute atomic E-state index is 12.9. The maximum Gasteiger partial charge on any atom is 0.352 e. The van der Waals surface area contributed by atoms with Crippen molar-refractivity contribution in [3.8, 4) is 5.75 Å². The van der Waals surface area contributed by atoms with Gasteiger partial charge in [-0.15, -0.1) is 0 Å². The number of allylic oxidation sites excluding steroid dienone is 1. The Hall–Kier alpha value is -3.59. The van der Waals surface area contributed by atoms with Gasteiger partial charge in [0, 0.05) is 16.2 Å². The number of carboxylic acids is 1. The lowest BCUT2D eigenvalue weighted by Crippen LogP contribution is -2.25. The number of benzene rings is 2. The number of ether oxygens (including phenoxy) is 1. The lowest BCUT2D eigenvalue weighted by atomic mass is 10.0.